The Balaban J connectivity index is 2.85. The second kappa shape index (κ2) is 7.22. The van der Waals surface area contributed by atoms with Gasteiger partial charge in [-0.05, 0) is 30.4 Å². The summed E-state index contributed by atoms with van der Waals surface area (Å²) in [6, 6.07) is 7.34. The lowest BCUT2D eigenvalue weighted by Crippen LogP contribution is -2.38. The van der Waals surface area contributed by atoms with Gasteiger partial charge in [-0.3, -0.25) is 9.59 Å². The molecule has 0 aliphatic rings. The summed E-state index contributed by atoms with van der Waals surface area (Å²) in [6.07, 6.45) is 0.541. The highest BCUT2D eigenvalue weighted by Crippen LogP contribution is 2.28. The van der Waals surface area contributed by atoms with Crippen LogP contribution in [0, 0.1) is 5.92 Å². The van der Waals surface area contributed by atoms with Gasteiger partial charge in [-0.2, -0.15) is 0 Å². The first-order valence-corrected chi connectivity index (χ1v) is 7.04. The Labute approximate surface area is 125 Å². The largest absolute Gasteiger partial charge is 0.481 e. The Morgan fingerprint density at radius 2 is 1.90 bits per heavy atom. The van der Waals surface area contributed by atoms with Crippen LogP contribution in [0.3, 0.4) is 0 Å². The molecule has 1 aromatic carbocycles. The van der Waals surface area contributed by atoms with Gasteiger partial charge in [0.2, 0.25) is 5.91 Å². The molecule has 1 aromatic rings. The summed E-state index contributed by atoms with van der Waals surface area (Å²) in [7, 11) is 0. The van der Waals surface area contributed by atoms with E-state index >= 15 is 0 Å². The quantitative estimate of drug-likeness (QED) is 0.720. The highest BCUT2D eigenvalue weighted by molar-refractivity contribution is 5.89. The van der Waals surface area contributed by atoms with Crippen LogP contribution < -0.4 is 5.32 Å². The SMILES string of the molecule is CC(=O)Nc1ccccc1CCC(O)(CC(=O)O)C(C)C. The third-order valence-corrected chi connectivity index (χ3v) is 3.69. The molecule has 0 saturated heterocycles. The number of aliphatic carboxylic acids is 1. The summed E-state index contributed by atoms with van der Waals surface area (Å²) in [5.41, 5.74) is 0.332. The molecule has 21 heavy (non-hydrogen) atoms. The summed E-state index contributed by atoms with van der Waals surface area (Å²) >= 11 is 0. The van der Waals surface area contributed by atoms with Crippen LogP contribution in [0.4, 0.5) is 5.69 Å². The maximum Gasteiger partial charge on any atom is 0.306 e. The lowest BCUT2D eigenvalue weighted by molar-refractivity contribution is -0.145. The third kappa shape index (κ3) is 5.19. The Hall–Kier alpha value is -1.88. The van der Waals surface area contributed by atoms with Crippen LogP contribution in [0.25, 0.3) is 0 Å². The number of hydrogen-bond donors (Lipinski definition) is 3. The van der Waals surface area contributed by atoms with E-state index in [9.17, 15) is 14.7 Å². The van der Waals surface area contributed by atoms with E-state index in [1.54, 1.807) is 6.07 Å². The highest BCUT2D eigenvalue weighted by atomic mass is 16.4. The molecule has 0 aliphatic heterocycles. The summed E-state index contributed by atoms with van der Waals surface area (Å²) in [5, 5.41) is 22.2. The number of amides is 1. The number of carbonyl (C=O) groups excluding carboxylic acids is 1. The number of hydrogen-bond acceptors (Lipinski definition) is 3. The van der Waals surface area contributed by atoms with Gasteiger partial charge in [0.1, 0.15) is 0 Å². The zero-order chi connectivity index (χ0) is 16.0. The third-order valence-electron chi connectivity index (χ3n) is 3.69. The fraction of sp³-hybridized carbons (Fsp3) is 0.500. The minimum atomic E-state index is -1.25. The molecule has 5 heteroatoms. The Kier molecular flexibility index (Phi) is 5.90. The van der Waals surface area contributed by atoms with Crippen LogP contribution in [0.15, 0.2) is 24.3 Å². The number of carbonyl (C=O) groups is 2. The number of nitrogens with one attached hydrogen (secondary N) is 1. The molecule has 1 atom stereocenters. The number of carboxylic acids is 1. The molecular formula is C16H23NO4. The van der Waals surface area contributed by atoms with Gasteiger partial charge in [-0.25, -0.2) is 0 Å². The van der Waals surface area contributed by atoms with Crippen LogP contribution in [0.2, 0.25) is 0 Å². The first kappa shape index (κ1) is 17.2. The fourth-order valence-corrected chi connectivity index (χ4v) is 2.24. The van der Waals surface area contributed by atoms with Gasteiger partial charge >= 0.3 is 5.97 Å². The second-order valence-corrected chi connectivity index (χ2v) is 5.67. The molecular weight excluding hydrogens is 270 g/mol. The van der Waals surface area contributed by atoms with Crippen molar-refractivity contribution >= 4 is 17.6 Å². The second-order valence-electron chi connectivity index (χ2n) is 5.67. The van der Waals surface area contributed by atoms with Gasteiger partial charge in [0.05, 0.1) is 12.0 Å². The molecule has 3 N–H and O–H groups in total. The van der Waals surface area contributed by atoms with E-state index in [4.69, 9.17) is 5.11 Å². The molecule has 0 aliphatic carbocycles. The topological polar surface area (TPSA) is 86.6 Å². The molecule has 1 rings (SSSR count). The molecule has 0 bridgehead atoms. The maximum absolute atomic E-state index is 11.2. The molecule has 0 radical (unpaired) electrons. The molecule has 116 valence electrons. The molecule has 0 saturated carbocycles. The number of anilines is 1. The van der Waals surface area contributed by atoms with Gasteiger partial charge in [0, 0.05) is 12.6 Å². The molecule has 0 spiro atoms. The predicted molar refractivity (Wildman–Crippen MR) is 81.1 cm³/mol. The number of benzene rings is 1. The molecule has 1 amide bonds. The number of aliphatic hydroxyl groups is 1. The van der Waals surface area contributed by atoms with Crippen molar-refractivity contribution < 1.29 is 19.8 Å². The van der Waals surface area contributed by atoms with Crippen LogP contribution in [0.1, 0.15) is 39.2 Å². The van der Waals surface area contributed by atoms with E-state index in [2.05, 4.69) is 5.32 Å². The van der Waals surface area contributed by atoms with Gasteiger partial charge in [-0.1, -0.05) is 32.0 Å². The van der Waals surface area contributed by atoms with E-state index in [1.807, 2.05) is 32.0 Å². The standard InChI is InChI=1S/C16H23NO4/c1-11(2)16(21,10-15(19)20)9-8-13-6-4-5-7-14(13)17-12(3)18/h4-7,11,21H,8-10H2,1-3H3,(H,17,18)(H,19,20). The van der Waals surface area contributed by atoms with Gasteiger partial charge < -0.3 is 15.5 Å². The number of para-hydroxylation sites is 1. The lowest BCUT2D eigenvalue weighted by Gasteiger charge is -2.31. The Morgan fingerprint density at radius 3 is 2.43 bits per heavy atom. The normalized spacial score (nSPS) is 13.8. The number of aryl methyl sites for hydroxylation is 1. The minimum Gasteiger partial charge on any atom is -0.481 e. The van der Waals surface area contributed by atoms with E-state index < -0.39 is 11.6 Å². The first-order chi connectivity index (χ1) is 9.74. The van der Waals surface area contributed by atoms with Crippen LogP contribution in [0.5, 0.6) is 0 Å². The van der Waals surface area contributed by atoms with E-state index in [-0.39, 0.29) is 18.2 Å². The monoisotopic (exact) mass is 293 g/mol. The Morgan fingerprint density at radius 1 is 1.29 bits per heavy atom. The molecule has 0 fully saturated rings. The van der Waals surface area contributed by atoms with Crippen molar-refractivity contribution in [3.05, 3.63) is 29.8 Å². The van der Waals surface area contributed by atoms with Crippen molar-refractivity contribution in [1.29, 1.82) is 0 Å². The average molecular weight is 293 g/mol. The summed E-state index contributed by atoms with van der Waals surface area (Å²) in [4.78, 5) is 22.1. The molecule has 0 aromatic heterocycles. The van der Waals surface area contributed by atoms with Gasteiger partial charge in [-0.15, -0.1) is 0 Å². The van der Waals surface area contributed by atoms with Gasteiger partial charge in [0.15, 0.2) is 0 Å². The van der Waals surface area contributed by atoms with Crippen molar-refractivity contribution in [2.75, 3.05) is 5.32 Å². The van der Waals surface area contributed by atoms with Crippen LogP contribution >= 0.6 is 0 Å². The zero-order valence-corrected chi connectivity index (χ0v) is 12.7. The molecule has 1 unspecified atom stereocenters. The predicted octanol–water partition coefficient (Wildman–Crippen LogP) is 2.44. The smallest absolute Gasteiger partial charge is 0.306 e. The van der Waals surface area contributed by atoms with Crippen molar-refractivity contribution in [3.63, 3.8) is 0 Å². The summed E-state index contributed by atoms with van der Waals surface area (Å²) < 4.78 is 0. The zero-order valence-electron chi connectivity index (χ0n) is 12.7. The molecule has 5 nitrogen and oxygen atoms in total. The Bertz CT molecular complexity index is 513. The van der Waals surface area contributed by atoms with Crippen molar-refractivity contribution in [1.82, 2.24) is 0 Å². The maximum atomic E-state index is 11.2. The molecule has 0 heterocycles. The van der Waals surface area contributed by atoms with E-state index in [1.165, 1.54) is 6.92 Å². The van der Waals surface area contributed by atoms with E-state index in [0.717, 1.165) is 5.56 Å². The highest BCUT2D eigenvalue weighted by Gasteiger charge is 2.33. The lowest BCUT2D eigenvalue weighted by atomic mass is 9.82. The number of carboxylic acid groups (broad SMARTS) is 1. The van der Waals surface area contributed by atoms with Crippen LogP contribution in [-0.2, 0) is 16.0 Å². The average Bonchev–Trinajstić information content (AvgIpc) is 2.36. The summed E-state index contributed by atoms with van der Waals surface area (Å²) in [6.45, 7) is 5.05. The van der Waals surface area contributed by atoms with Crippen molar-refractivity contribution in [2.24, 2.45) is 5.92 Å². The van der Waals surface area contributed by atoms with Crippen LogP contribution in [-0.4, -0.2) is 27.7 Å². The van der Waals surface area contributed by atoms with Crippen molar-refractivity contribution in [3.8, 4) is 0 Å². The van der Waals surface area contributed by atoms with E-state index in [0.29, 0.717) is 18.5 Å². The summed E-state index contributed by atoms with van der Waals surface area (Å²) in [5.74, 6) is -1.34. The van der Waals surface area contributed by atoms with Crippen molar-refractivity contribution in [2.45, 2.75) is 45.6 Å². The van der Waals surface area contributed by atoms with Gasteiger partial charge in [0.25, 0.3) is 0 Å². The fourth-order valence-electron chi connectivity index (χ4n) is 2.24. The first-order valence-electron chi connectivity index (χ1n) is 7.04. The number of rotatable bonds is 7. The minimum absolute atomic E-state index is 0.160.